The van der Waals surface area contributed by atoms with Gasteiger partial charge in [-0.3, -0.25) is 0 Å². The molecule has 16 heavy (non-hydrogen) atoms. The van der Waals surface area contributed by atoms with Crippen molar-refractivity contribution >= 4 is 0 Å². The fourth-order valence-electron chi connectivity index (χ4n) is 1.39. The summed E-state index contributed by atoms with van der Waals surface area (Å²) in [5.41, 5.74) is 0.0730. The number of ether oxygens (including phenoxy) is 1. The maximum absolute atomic E-state index is 13.3. The molecule has 1 rings (SSSR count). The number of halogens is 1. The Kier molecular flexibility index (Phi) is 4.30. The zero-order valence-corrected chi connectivity index (χ0v) is 10.1. The predicted octanol–water partition coefficient (Wildman–Crippen LogP) is 3.06. The van der Waals surface area contributed by atoms with Crippen LogP contribution in [-0.4, -0.2) is 17.3 Å². The van der Waals surface area contributed by atoms with Crippen LogP contribution in [0.1, 0.15) is 32.3 Å². The molecule has 0 radical (unpaired) electrons. The van der Waals surface area contributed by atoms with Gasteiger partial charge in [0.2, 0.25) is 0 Å². The lowest BCUT2D eigenvalue weighted by Gasteiger charge is -2.25. The molecule has 1 aromatic carbocycles. The van der Waals surface area contributed by atoms with Crippen molar-refractivity contribution in [2.75, 3.05) is 6.61 Å². The van der Waals surface area contributed by atoms with Gasteiger partial charge in [-0.05, 0) is 37.5 Å². The van der Waals surface area contributed by atoms with Crippen molar-refractivity contribution in [3.05, 3.63) is 29.6 Å². The van der Waals surface area contributed by atoms with Crippen molar-refractivity contribution in [2.45, 2.75) is 39.2 Å². The topological polar surface area (TPSA) is 29.5 Å². The summed E-state index contributed by atoms with van der Waals surface area (Å²) in [5.74, 6) is -0.180. The van der Waals surface area contributed by atoms with Crippen LogP contribution < -0.4 is 4.74 Å². The molecule has 0 aliphatic rings. The van der Waals surface area contributed by atoms with Crippen LogP contribution in [0.4, 0.5) is 4.39 Å². The van der Waals surface area contributed by atoms with E-state index in [1.54, 1.807) is 12.1 Å². The summed E-state index contributed by atoms with van der Waals surface area (Å²) in [6, 6.07) is 4.71. The van der Waals surface area contributed by atoms with Crippen molar-refractivity contribution in [1.82, 2.24) is 0 Å². The quantitative estimate of drug-likeness (QED) is 0.836. The van der Waals surface area contributed by atoms with Crippen LogP contribution in [0, 0.1) is 12.7 Å². The third kappa shape index (κ3) is 3.20. The maximum Gasteiger partial charge on any atom is 0.165 e. The molecule has 0 unspecified atom stereocenters. The van der Waals surface area contributed by atoms with E-state index < -0.39 is 5.60 Å². The molecule has 0 aromatic heterocycles. The summed E-state index contributed by atoms with van der Waals surface area (Å²) < 4.78 is 18.7. The summed E-state index contributed by atoms with van der Waals surface area (Å²) in [5, 5.41) is 10.0. The Morgan fingerprint density at radius 1 is 1.31 bits per heavy atom. The summed E-state index contributed by atoms with van der Waals surface area (Å²) in [6.07, 6.45) is 1.19. The molecule has 3 heteroatoms. The summed E-state index contributed by atoms with van der Waals surface area (Å²) in [4.78, 5) is 0. The Labute approximate surface area is 96.1 Å². The molecule has 0 spiro atoms. The first kappa shape index (κ1) is 13.0. The Hall–Kier alpha value is -1.09. The number of aliphatic hydroxyl groups is 1. The van der Waals surface area contributed by atoms with Gasteiger partial charge in [0.1, 0.15) is 6.61 Å². The Balaban J connectivity index is 2.70. The first-order chi connectivity index (χ1) is 7.50. The van der Waals surface area contributed by atoms with Crippen molar-refractivity contribution in [3.63, 3.8) is 0 Å². The molecule has 90 valence electrons. The van der Waals surface area contributed by atoms with Gasteiger partial charge in [-0.1, -0.05) is 19.9 Å². The average Bonchev–Trinajstić information content (AvgIpc) is 2.30. The first-order valence-electron chi connectivity index (χ1n) is 5.62. The first-order valence-corrected chi connectivity index (χ1v) is 5.62. The van der Waals surface area contributed by atoms with E-state index in [2.05, 4.69) is 0 Å². The van der Waals surface area contributed by atoms with Crippen LogP contribution in [-0.2, 0) is 0 Å². The molecule has 0 amide bonds. The lowest BCUT2D eigenvalue weighted by molar-refractivity contribution is -0.0123. The van der Waals surface area contributed by atoms with Gasteiger partial charge in [0.05, 0.1) is 5.60 Å². The van der Waals surface area contributed by atoms with Crippen molar-refractivity contribution < 1.29 is 14.2 Å². The van der Waals surface area contributed by atoms with Gasteiger partial charge in [0.15, 0.2) is 11.6 Å². The molecule has 2 nitrogen and oxygen atoms in total. The second-order valence-electron chi connectivity index (χ2n) is 4.15. The molecule has 0 atom stereocenters. The van der Waals surface area contributed by atoms with E-state index in [0.29, 0.717) is 12.8 Å². The molecule has 1 N–H and O–H groups in total. The summed E-state index contributed by atoms with van der Waals surface area (Å²) in [6.45, 7) is 5.78. The largest absolute Gasteiger partial charge is 0.488 e. The van der Waals surface area contributed by atoms with Gasteiger partial charge in [0, 0.05) is 0 Å². The Bertz CT molecular complexity index is 346. The van der Waals surface area contributed by atoms with Gasteiger partial charge in [-0.2, -0.15) is 0 Å². The summed E-state index contributed by atoms with van der Waals surface area (Å²) in [7, 11) is 0. The fraction of sp³-hybridized carbons (Fsp3) is 0.538. The number of hydrogen-bond donors (Lipinski definition) is 1. The fourth-order valence-corrected chi connectivity index (χ4v) is 1.39. The standard InChI is InChI=1S/C13H19FO2/c1-4-13(15,5-2)9-16-12-8-10(3)6-7-11(12)14/h6-8,15H,4-5,9H2,1-3H3. The Morgan fingerprint density at radius 2 is 1.94 bits per heavy atom. The lowest BCUT2D eigenvalue weighted by Crippen LogP contribution is -2.34. The zero-order valence-electron chi connectivity index (χ0n) is 10.1. The highest BCUT2D eigenvalue weighted by Gasteiger charge is 2.23. The van der Waals surface area contributed by atoms with E-state index in [4.69, 9.17) is 4.74 Å². The SMILES string of the molecule is CCC(O)(CC)COc1cc(C)ccc1F. The smallest absolute Gasteiger partial charge is 0.165 e. The van der Waals surface area contributed by atoms with Crippen molar-refractivity contribution in [1.29, 1.82) is 0 Å². The Morgan fingerprint density at radius 3 is 2.50 bits per heavy atom. The van der Waals surface area contributed by atoms with Gasteiger partial charge < -0.3 is 9.84 Å². The number of rotatable bonds is 5. The third-order valence-corrected chi connectivity index (χ3v) is 2.90. The van der Waals surface area contributed by atoms with Gasteiger partial charge in [-0.25, -0.2) is 4.39 Å². The third-order valence-electron chi connectivity index (χ3n) is 2.90. The highest BCUT2D eigenvalue weighted by Crippen LogP contribution is 2.22. The molecule has 0 fully saturated rings. The molecule has 0 saturated carbocycles. The van der Waals surface area contributed by atoms with Gasteiger partial charge >= 0.3 is 0 Å². The highest BCUT2D eigenvalue weighted by molar-refractivity contribution is 5.29. The van der Waals surface area contributed by atoms with Crippen LogP contribution in [0.25, 0.3) is 0 Å². The molecule has 0 aliphatic carbocycles. The monoisotopic (exact) mass is 226 g/mol. The highest BCUT2D eigenvalue weighted by atomic mass is 19.1. The van der Waals surface area contributed by atoms with E-state index in [0.717, 1.165) is 5.56 Å². The van der Waals surface area contributed by atoms with Gasteiger partial charge in [0.25, 0.3) is 0 Å². The number of hydrogen-bond acceptors (Lipinski definition) is 2. The normalized spacial score (nSPS) is 11.6. The van der Waals surface area contributed by atoms with Crippen molar-refractivity contribution in [3.8, 4) is 5.75 Å². The minimum atomic E-state index is -0.865. The average molecular weight is 226 g/mol. The predicted molar refractivity (Wildman–Crippen MR) is 62.2 cm³/mol. The van der Waals surface area contributed by atoms with E-state index in [1.165, 1.54) is 6.07 Å². The molecule has 0 saturated heterocycles. The van der Waals surface area contributed by atoms with E-state index in [1.807, 2.05) is 20.8 Å². The molecule has 1 aromatic rings. The van der Waals surface area contributed by atoms with Crippen LogP contribution in [0.15, 0.2) is 18.2 Å². The van der Waals surface area contributed by atoms with Crippen LogP contribution >= 0.6 is 0 Å². The second kappa shape index (κ2) is 5.30. The molecule has 0 aliphatic heterocycles. The number of aryl methyl sites for hydroxylation is 1. The van der Waals surface area contributed by atoms with Crippen LogP contribution in [0.3, 0.4) is 0 Å². The van der Waals surface area contributed by atoms with E-state index in [-0.39, 0.29) is 18.2 Å². The van der Waals surface area contributed by atoms with E-state index in [9.17, 15) is 9.50 Å². The molecule has 0 heterocycles. The van der Waals surface area contributed by atoms with Crippen molar-refractivity contribution in [2.24, 2.45) is 0 Å². The second-order valence-corrected chi connectivity index (χ2v) is 4.15. The minimum absolute atomic E-state index is 0.125. The van der Waals surface area contributed by atoms with Crippen LogP contribution in [0.2, 0.25) is 0 Å². The molecular formula is C13H19FO2. The zero-order chi connectivity index (χ0) is 12.2. The molecular weight excluding hydrogens is 207 g/mol. The number of benzene rings is 1. The maximum atomic E-state index is 13.3. The summed E-state index contributed by atoms with van der Waals surface area (Å²) >= 11 is 0. The van der Waals surface area contributed by atoms with Crippen LogP contribution in [0.5, 0.6) is 5.75 Å². The van der Waals surface area contributed by atoms with Gasteiger partial charge in [-0.15, -0.1) is 0 Å². The lowest BCUT2D eigenvalue weighted by atomic mass is 9.99. The molecule has 0 bridgehead atoms. The minimum Gasteiger partial charge on any atom is -0.488 e. The van der Waals surface area contributed by atoms with E-state index >= 15 is 0 Å².